The number of aromatic nitrogens is 2. The molecule has 0 saturated heterocycles. The summed E-state index contributed by atoms with van der Waals surface area (Å²) in [5.41, 5.74) is 0.950. The Hall–Kier alpha value is -2.37. The van der Waals surface area contributed by atoms with Gasteiger partial charge in [0.25, 0.3) is 5.91 Å². The molecule has 1 atom stereocenters. The van der Waals surface area contributed by atoms with Gasteiger partial charge in [-0.25, -0.2) is 4.79 Å². The number of hydrogen-bond acceptors (Lipinski definition) is 4. The Balaban J connectivity index is 1.91. The predicted molar refractivity (Wildman–Crippen MR) is 78.9 cm³/mol. The van der Waals surface area contributed by atoms with Crippen LogP contribution in [0.2, 0.25) is 0 Å². The average Bonchev–Trinajstić information content (AvgIpc) is 2.89. The molecule has 0 unspecified atom stereocenters. The number of esters is 1. The van der Waals surface area contributed by atoms with Gasteiger partial charge in [-0.05, 0) is 19.4 Å². The third-order valence-electron chi connectivity index (χ3n) is 3.13. The molecule has 0 aliphatic heterocycles. The maximum Gasteiger partial charge on any atom is 0.359 e. The highest BCUT2D eigenvalue weighted by Crippen LogP contribution is 2.15. The van der Waals surface area contributed by atoms with Crippen molar-refractivity contribution in [1.29, 1.82) is 0 Å². The van der Waals surface area contributed by atoms with E-state index < -0.39 is 5.97 Å². The molecule has 2 rings (SSSR count). The summed E-state index contributed by atoms with van der Waals surface area (Å²) in [5, 5.41) is 10.1. The molecule has 6 nitrogen and oxygen atoms in total. The van der Waals surface area contributed by atoms with Crippen LogP contribution in [0.1, 0.15) is 37.2 Å². The van der Waals surface area contributed by atoms with Crippen LogP contribution in [0, 0.1) is 0 Å². The number of ether oxygens (including phenoxy) is 1. The van der Waals surface area contributed by atoms with Crippen molar-refractivity contribution in [2.75, 3.05) is 6.61 Å². The third-order valence-corrected chi connectivity index (χ3v) is 3.13. The van der Waals surface area contributed by atoms with Crippen molar-refractivity contribution in [2.45, 2.75) is 32.7 Å². The van der Waals surface area contributed by atoms with E-state index in [0.717, 1.165) is 18.4 Å². The summed E-state index contributed by atoms with van der Waals surface area (Å²) in [5.74, 6) is -0.908. The quantitative estimate of drug-likeness (QED) is 0.797. The number of benzene rings is 1. The summed E-state index contributed by atoms with van der Waals surface area (Å²) >= 11 is 0. The fourth-order valence-corrected chi connectivity index (χ4v) is 2.14. The van der Waals surface area contributed by atoms with E-state index in [0.29, 0.717) is 5.39 Å². The highest BCUT2D eigenvalue weighted by Gasteiger charge is 2.17. The van der Waals surface area contributed by atoms with Crippen LogP contribution < -0.4 is 5.32 Å². The Labute approximate surface area is 122 Å². The van der Waals surface area contributed by atoms with Crippen molar-refractivity contribution in [1.82, 2.24) is 15.5 Å². The van der Waals surface area contributed by atoms with Crippen LogP contribution in [0.15, 0.2) is 24.3 Å². The molecule has 2 aromatic rings. The van der Waals surface area contributed by atoms with Gasteiger partial charge in [0.05, 0.1) is 5.52 Å². The normalized spacial score (nSPS) is 12.1. The van der Waals surface area contributed by atoms with Crippen LogP contribution in [0.5, 0.6) is 0 Å². The molecule has 0 radical (unpaired) electrons. The number of nitrogens with one attached hydrogen (secondary N) is 2. The second-order valence-corrected chi connectivity index (χ2v) is 4.95. The summed E-state index contributed by atoms with van der Waals surface area (Å²) in [6.45, 7) is 3.67. The zero-order valence-corrected chi connectivity index (χ0v) is 12.2. The number of fused-ring (bicyclic) bond motifs is 1. The molecule has 2 N–H and O–H groups in total. The van der Waals surface area contributed by atoms with Gasteiger partial charge in [-0.2, -0.15) is 5.10 Å². The van der Waals surface area contributed by atoms with Gasteiger partial charge in [-0.1, -0.05) is 31.5 Å². The lowest BCUT2D eigenvalue weighted by molar-refractivity contribution is -0.124. The molecule has 1 heterocycles. The van der Waals surface area contributed by atoms with Crippen molar-refractivity contribution in [3.63, 3.8) is 0 Å². The number of aromatic amines is 1. The number of amides is 1. The molecule has 1 aromatic carbocycles. The average molecular weight is 289 g/mol. The van der Waals surface area contributed by atoms with Gasteiger partial charge in [0.2, 0.25) is 0 Å². The van der Waals surface area contributed by atoms with Crippen molar-refractivity contribution < 1.29 is 14.3 Å². The molecule has 0 aliphatic rings. The van der Waals surface area contributed by atoms with Crippen LogP contribution in [0.25, 0.3) is 10.9 Å². The fraction of sp³-hybridized carbons (Fsp3) is 0.400. The number of H-pyrrole nitrogens is 1. The second-order valence-electron chi connectivity index (χ2n) is 4.95. The predicted octanol–water partition coefficient (Wildman–Crippen LogP) is 2.02. The SMILES string of the molecule is CCC[C@@H](C)NC(=O)COC(=O)c1n[nH]c2ccccc12. The van der Waals surface area contributed by atoms with Gasteiger partial charge < -0.3 is 10.1 Å². The van der Waals surface area contributed by atoms with Crippen LogP contribution in [0.4, 0.5) is 0 Å². The molecular weight excluding hydrogens is 270 g/mol. The van der Waals surface area contributed by atoms with Crippen molar-refractivity contribution in [3.05, 3.63) is 30.0 Å². The van der Waals surface area contributed by atoms with E-state index in [-0.39, 0.29) is 24.2 Å². The first kappa shape index (κ1) is 15.0. The largest absolute Gasteiger partial charge is 0.451 e. The minimum atomic E-state index is -0.606. The first-order valence-corrected chi connectivity index (χ1v) is 7.01. The molecule has 1 amide bonds. The molecule has 112 valence electrons. The third kappa shape index (κ3) is 3.81. The van der Waals surface area contributed by atoms with Gasteiger partial charge in [0.1, 0.15) is 0 Å². The second kappa shape index (κ2) is 6.88. The Morgan fingerprint density at radius 3 is 2.90 bits per heavy atom. The van der Waals surface area contributed by atoms with E-state index in [1.54, 1.807) is 6.07 Å². The lowest BCUT2D eigenvalue weighted by Gasteiger charge is -2.12. The summed E-state index contributed by atoms with van der Waals surface area (Å²) < 4.78 is 5.00. The number of nitrogens with zero attached hydrogens (tertiary/aromatic N) is 1. The minimum absolute atomic E-state index is 0.0763. The zero-order valence-electron chi connectivity index (χ0n) is 12.2. The lowest BCUT2D eigenvalue weighted by Crippen LogP contribution is -2.35. The summed E-state index contributed by atoms with van der Waals surface area (Å²) in [6.07, 6.45) is 1.88. The summed E-state index contributed by atoms with van der Waals surface area (Å²) in [4.78, 5) is 23.6. The van der Waals surface area contributed by atoms with E-state index in [4.69, 9.17) is 4.74 Å². The maximum atomic E-state index is 12.0. The van der Waals surface area contributed by atoms with Gasteiger partial charge >= 0.3 is 5.97 Å². The molecule has 0 spiro atoms. The van der Waals surface area contributed by atoms with Gasteiger partial charge in [-0.3, -0.25) is 9.89 Å². The Morgan fingerprint density at radius 1 is 1.38 bits per heavy atom. The Morgan fingerprint density at radius 2 is 2.14 bits per heavy atom. The Bertz CT molecular complexity index is 636. The van der Waals surface area contributed by atoms with Crippen molar-refractivity contribution in [2.24, 2.45) is 0 Å². The fourth-order valence-electron chi connectivity index (χ4n) is 2.14. The van der Waals surface area contributed by atoms with Gasteiger partial charge in [0.15, 0.2) is 12.3 Å². The first-order chi connectivity index (χ1) is 10.1. The molecule has 1 aromatic heterocycles. The van der Waals surface area contributed by atoms with Crippen LogP contribution >= 0.6 is 0 Å². The first-order valence-electron chi connectivity index (χ1n) is 7.01. The molecule has 0 aliphatic carbocycles. The Kier molecular flexibility index (Phi) is 4.92. The smallest absolute Gasteiger partial charge is 0.359 e. The van der Waals surface area contributed by atoms with E-state index in [9.17, 15) is 9.59 Å². The number of carbonyl (C=O) groups is 2. The number of rotatable bonds is 6. The lowest BCUT2D eigenvalue weighted by atomic mass is 10.2. The minimum Gasteiger partial charge on any atom is -0.451 e. The summed E-state index contributed by atoms with van der Waals surface area (Å²) in [7, 11) is 0. The van der Waals surface area contributed by atoms with E-state index >= 15 is 0 Å². The van der Waals surface area contributed by atoms with E-state index in [2.05, 4.69) is 15.5 Å². The molecule has 0 fully saturated rings. The van der Waals surface area contributed by atoms with Crippen molar-refractivity contribution >= 4 is 22.8 Å². The number of hydrogen-bond donors (Lipinski definition) is 2. The monoisotopic (exact) mass is 289 g/mol. The van der Waals surface area contributed by atoms with E-state index in [1.807, 2.05) is 32.0 Å². The maximum absolute atomic E-state index is 12.0. The van der Waals surface area contributed by atoms with Crippen LogP contribution in [0.3, 0.4) is 0 Å². The van der Waals surface area contributed by atoms with Gasteiger partial charge in [-0.15, -0.1) is 0 Å². The molecule has 0 saturated carbocycles. The standard InChI is InChI=1S/C15H19N3O3/c1-3-6-10(2)16-13(19)9-21-15(20)14-11-7-4-5-8-12(11)17-18-14/h4-5,7-8,10H,3,6,9H2,1-2H3,(H,16,19)(H,17,18)/t10-/m1/s1. The highest BCUT2D eigenvalue weighted by molar-refractivity contribution is 6.02. The molecule has 6 heteroatoms. The highest BCUT2D eigenvalue weighted by atomic mass is 16.5. The summed E-state index contributed by atoms with van der Waals surface area (Å²) in [6, 6.07) is 7.33. The topological polar surface area (TPSA) is 84.1 Å². The van der Waals surface area contributed by atoms with E-state index in [1.165, 1.54) is 0 Å². The zero-order chi connectivity index (χ0) is 15.2. The number of para-hydroxylation sites is 1. The molecule has 0 bridgehead atoms. The van der Waals surface area contributed by atoms with Crippen LogP contribution in [-0.4, -0.2) is 34.7 Å². The molecular formula is C15H19N3O3. The number of carbonyl (C=O) groups excluding carboxylic acids is 2. The molecule has 21 heavy (non-hydrogen) atoms. The van der Waals surface area contributed by atoms with Gasteiger partial charge in [0, 0.05) is 11.4 Å². The van der Waals surface area contributed by atoms with Crippen LogP contribution in [-0.2, 0) is 9.53 Å². The van der Waals surface area contributed by atoms with Crippen molar-refractivity contribution in [3.8, 4) is 0 Å².